The largest absolute Gasteiger partial charge is 0.486 e. The molecule has 0 radical (unpaired) electrons. The molecule has 94 valence electrons. The van der Waals surface area contributed by atoms with Gasteiger partial charge < -0.3 is 10.1 Å². The summed E-state index contributed by atoms with van der Waals surface area (Å²) in [7, 11) is 0. The molecule has 0 aliphatic heterocycles. The van der Waals surface area contributed by atoms with Crippen LogP contribution in [0.5, 0.6) is 5.75 Å². The fraction of sp³-hybridized carbons (Fsp3) is 0.583. The fourth-order valence-electron chi connectivity index (χ4n) is 1.54. The first-order valence-electron chi connectivity index (χ1n) is 5.76. The maximum atomic E-state index is 12.1. The van der Waals surface area contributed by atoms with Gasteiger partial charge in [-0.15, -0.1) is 0 Å². The summed E-state index contributed by atoms with van der Waals surface area (Å²) in [5.74, 6) is 0.448. The van der Waals surface area contributed by atoms with Crippen molar-refractivity contribution in [3.05, 3.63) is 23.5 Å². The van der Waals surface area contributed by atoms with Gasteiger partial charge in [0, 0.05) is 18.3 Å². The lowest BCUT2D eigenvalue weighted by Gasteiger charge is -2.11. The highest BCUT2D eigenvalue weighted by Gasteiger charge is 2.21. The highest BCUT2D eigenvalue weighted by Crippen LogP contribution is 2.22. The van der Waals surface area contributed by atoms with Crippen LogP contribution in [0.4, 0.5) is 8.78 Å². The Balaban J connectivity index is 2.00. The maximum Gasteiger partial charge on any atom is 0.272 e. The topological polar surface area (TPSA) is 34.1 Å². The molecule has 1 aliphatic carbocycles. The molecule has 3 nitrogen and oxygen atoms in total. The molecule has 0 saturated heterocycles. The van der Waals surface area contributed by atoms with E-state index in [9.17, 15) is 8.78 Å². The Hall–Kier alpha value is -1.23. The van der Waals surface area contributed by atoms with Gasteiger partial charge in [-0.25, -0.2) is 8.78 Å². The summed E-state index contributed by atoms with van der Waals surface area (Å²) in [4.78, 5) is 4.32. The van der Waals surface area contributed by atoms with Gasteiger partial charge in [0.15, 0.2) is 0 Å². The number of aromatic nitrogens is 1. The van der Waals surface area contributed by atoms with E-state index in [4.69, 9.17) is 4.74 Å². The molecule has 1 aromatic rings. The van der Waals surface area contributed by atoms with E-state index in [0.717, 1.165) is 5.69 Å². The van der Waals surface area contributed by atoms with Crippen LogP contribution in [0, 0.1) is 6.92 Å². The van der Waals surface area contributed by atoms with E-state index in [1.807, 2.05) is 6.92 Å². The van der Waals surface area contributed by atoms with Crippen LogP contribution in [-0.2, 0) is 6.54 Å². The Morgan fingerprint density at radius 1 is 1.47 bits per heavy atom. The highest BCUT2D eigenvalue weighted by atomic mass is 19.3. The van der Waals surface area contributed by atoms with Gasteiger partial charge in [-0.1, -0.05) is 0 Å². The average molecular weight is 242 g/mol. The Kier molecular flexibility index (Phi) is 3.89. The molecular weight excluding hydrogens is 226 g/mol. The molecular formula is C12H16F2N2O. The normalized spacial score (nSPS) is 15.3. The number of halogens is 2. The highest BCUT2D eigenvalue weighted by molar-refractivity contribution is 5.29. The summed E-state index contributed by atoms with van der Waals surface area (Å²) in [5, 5.41) is 3.30. The second-order valence-electron chi connectivity index (χ2n) is 4.25. The number of ether oxygens (including phenoxy) is 1. The van der Waals surface area contributed by atoms with Gasteiger partial charge in [-0.3, -0.25) is 4.98 Å². The van der Waals surface area contributed by atoms with Crippen molar-refractivity contribution in [3.8, 4) is 5.75 Å². The van der Waals surface area contributed by atoms with Crippen molar-refractivity contribution in [2.45, 2.75) is 38.8 Å². The summed E-state index contributed by atoms with van der Waals surface area (Å²) < 4.78 is 29.2. The van der Waals surface area contributed by atoms with E-state index in [1.54, 1.807) is 12.1 Å². The maximum absolute atomic E-state index is 12.1. The predicted octanol–water partition coefficient (Wildman–Crippen LogP) is 2.29. The van der Waals surface area contributed by atoms with Gasteiger partial charge in [-0.05, 0) is 31.9 Å². The number of alkyl halides is 2. The lowest BCUT2D eigenvalue weighted by molar-refractivity contribution is 0.0811. The zero-order chi connectivity index (χ0) is 12.3. The average Bonchev–Trinajstić information content (AvgIpc) is 3.08. The Morgan fingerprint density at radius 3 is 2.88 bits per heavy atom. The van der Waals surface area contributed by atoms with Gasteiger partial charge in [-0.2, -0.15) is 0 Å². The smallest absolute Gasteiger partial charge is 0.272 e. The number of hydrogen-bond donors (Lipinski definition) is 1. The molecule has 0 spiro atoms. The first-order valence-corrected chi connectivity index (χ1v) is 5.76. The van der Waals surface area contributed by atoms with E-state index >= 15 is 0 Å². The van der Waals surface area contributed by atoms with Crippen LogP contribution in [0.3, 0.4) is 0 Å². The van der Waals surface area contributed by atoms with Gasteiger partial charge in [0.1, 0.15) is 12.4 Å². The van der Waals surface area contributed by atoms with Crippen LogP contribution in [0.15, 0.2) is 12.1 Å². The molecule has 0 aromatic carbocycles. The zero-order valence-electron chi connectivity index (χ0n) is 9.75. The lowest BCUT2D eigenvalue weighted by atomic mass is 10.3. The molecule has 2 rings (SSSR count). The third kappa shape index (κ3) is 3.93. The van der Waals surface area contributed by atoms with Crippen LogP contribution in [-0.4, -0.2) is 24.1 Å². The van der Waals surface area contributed by atoms with Gasteiger partial charge in [0.25, 0.3) is 6.43 Å². The summed E-state index contributed by atoms with van der Waals surface area (Å²) in [6.07, 6.45) is -0.0986. The van der Waals surface area contributed by atoms with Crippen molar-refractivity contribution < 1.29 is 13.5 Å². The number of hydrogen-bond acceptors (Lipinski definition) is 3. The molecule has 0 atom stereocenters. The molecule has 0 unspecified atom stereocenters. The minimum Gasteiger partial charge on any atom is -0.486 e. The van der Waals surface area contributed by atoms with Crippen LogP contribution in [0.2, 0.25) is 0 Å². The van der Waals surface area contributed by atoms with E-state index in [-0.39, 0.29) is 0 Å². The fourth-order valence-corrected chi connectivity index (χ4v) is 1.54. The number of pyridine rings is 1. The molecule has 0 bridgehead atoms. The van der Waals surface area contributed by atoms with Crippen molar-refractivity contribution in [1.82, 2.24) is 10.3 Å². The van der Waals surface area contributed by atoms with Crippen molar-refractivity contribution in [2.24, 2.45) is 0 Å². The molecule has 17 heavy (non-hydrogen) atoms. The molecule has 1 aliphatic rings. The molecule has 1 fully saturated rings. The Labute approximate surface area is 99.2 Å². The first-order chi connectivity index (χ1) is 8.15. The quantitative estimate of drug-likeness (QED) is 0.831. The third-order valence-corrected chi connectivity index (χ3v) is 2.57. The van der Waals surface area contributed by atoms with E-state index < -0.39 is 13.0 Å². The van der Waals surface area contributed by atoms with E-state index in [2.05, 4.69) is 10.3 Å². The molecule has 1 heterocycles. The Bertz CT molecular complexity index is 381. The predicted molar refractivity (Wildman–Crippen MR) is 60.3 cm³/mol. The van der Waals surface area contributed by atoms with Crippen LogP contribution in [0.25, 0.3) is 0 Å². The minimum atomic E-state index is -2.46. The molecule has 1 aromatic heterocycles. The summed E-state index contributed by atoms with van der Waals surface area (Å²) in [5.41, 5.74) is 1.57. The van der Waals surface area contributed by atoms with Crippen molar-refractivity contribution in [3.63, 3.8) is 0 Å². The first kappa shape index (κ1) is 12.2. The molecule has 5 heteroatoms. The van der Waals surface area contributed by atoms with E-state index in [1.165, 1.54) is 12.8 Å². The van der Waals surface area contributed by atoms with Crippen LogP contribution in [0.1, 0.15) is 24.2 Å². The van der Waals surface area contributed by atoms with Crippen LogP contribution >= 0.6 is 0 Å². The standard InChI is InChI=1S/C12H16F2N2O/c1-8-2-5-11(17-7-12(13)14)10(16-8)6-15-9-3-4-9/h2,5,9,12,15H,3-4,6-7H2,1H3. The second kappa shape index (κ2) is 5.40. The van der Waals surface area contributed by atoms with Crippen molar-refractivity contribution >= 4 is 0 Å². The van der Waals surface area contributed by atoms with E-state index in [0.29, 0.717) is 24.0 Å². The van der Waals surface area contributed by atoms with Gasteiger partial charge in [0.2, 0.25) is 0 Å². The summed E-state index contributed by atoms with van der Waals surface area (Å²) in [6.45, 7) is 1.86. The van der Waals surface area contributed by atoms with Crippen molar-refractivity contribution in [2.75, 3.05) is 6.61 Å². The minimum absolute atomic E-state index is 0.448. The third-order valence-electron chi connectivity index (χ3n) is 2.57. The van der Waals surface area contributed by atoms with Gasteiger partial charge >= 0.3 is 0 Å². The van der Waals surface area contributed by atoms with Crippen LogP contribution < -0.4 is 10.1 Å². The van der Waals surface area contributed by atoms with Crippen molar-refractivity contribution in [1.29, 1.82) is 0 Å². The number of aryl methyl sites for hydroxylation is 1. The molecule has 1 saturated carbocycles. The molecule has 0 amide bonds. The Morgan fingerprint density at radius 2 is 2.24 bits per heavy atom. The zero-order valence-corrected chi connectivity index (χ0v) is 9.75. The lowest BCUT2D eigenvalue weighted by Crippen LogP contribution is -2.18. The molecule has 1 N–H and O–H groups in total. The summed E-state index contributed by atoms with van der Waals surface area (Å²) >= 11 is 0. The number of nitrogens with one attached hydrogen (secondary N) is 1. The summed E-state index contributed by atoms with van der Waals surface area (Å²) in [6, 6.07) is 4.02. The second-order valence-corrected chi connectivity index (χ2v) is 4.25. The number of rotatable bonds is 6. The number of nitrogens with zero attached hydrogens (tertiary/aromatic N) is 1. The monoisotopic (exact) mass is 242 g/mol. The van der Waals surface area contributed by atoms with Gasteiger partial charge in [0.05, 0.1) is 5.69 Å². The SMILES string of the molecule is Cc1ccc(OCC(F)F)c(CNC2CC2)n1.